The van der Waals surface area contributed by atoms with Crippen LogP contribution in [0, 0.1) is 5.92 Å². The lowest BCUT2D eigenvalue weighted by atomic mass is 9.73. The Bertz CT molecular complexity index is 770. The molecule has 130 valence electrons. The second-order valence-corrected chi connectivity index (χ2v) is 7.94. The number of aliphatic hydroxyl groups is 1. The highest BCUT2D eigenvalue weighted by Crippen LogP contribution is 2.41. The summed E-state index contributed by atoms with van der Waals surface area (Å²) in [6.07, 6.45) is 5.55. The Kier molecular flexibility index (Phi) is 5.25. The predicted octanol–water partition coefficient (Wildman–Crippen LogP) is 1.49. The maximum atomic E-state index is 15.5. The molecule has 24 heavy (non-hydrogen) atoms. The number of primary amides is 1. The van der Waals surface area contributed by atoms with Crippen molar-refractivity contribution in [2.75, 3.05) is 12.4 Å². The molecule has 1 aliphatic carbocycles. The number of rotatable bonds is 6. The minimum atomic E-state index is -3.37. The number of alkyl halides is 1. The highest BCUT2D eigenvalue weighted by atomic mass is 32.2. The van der Waals surface area contributed by atoms with Gasteiger partial charge >= 0.3 is 0 Å². The highest BCUT2D eigenvalue weighted by molar-refractivity contribution is 7.91. The molecule has 0 aromatic heterocycles. The number of nitrogens with two attached hydrogens (primary N) is 1. The van der Waals surface area contributed by atoms with Crippen LogP contribution in [0.15, 0.2) is 53.5 Å². The Morgan fingerprint density at radius 2 is 1.96 bits per heavy atom. The van der Waals surface area contributed by atoms with Crippen LogP contribution < -0.4 is 5.73 Å². The fourth-order valence-electron chi connectivity index (χ4n) is 2.85. The molecule has 2 rings (SSSR count). The van der Waals surface area contributed by atoms with Gasteiger partial charge in [0.25, 0.3) is 0 Å². The van der Waals surface area contributed by atoms with Gasteiger partial charge in [0.05, 0.1) is 23.2 Å². The zero-order chi connectivity index (χ0) is 18.0. The minimum Gasteiger partial charge on any atom is -0.396 e. The molecule has 0 heterocycles. The van der Waals surface area contributed by atoms with Gasteiger partial charge in [0.15, 0.2) is 15.5 Å². The van der Waals surface area contributed by atoms with E-state index in [-0.39, 0.29) is 10.6 Å². The van der Waals surface area contributed by atoms with Crippen LogP contribution in [0.4, 0.5) is 4.39 Å². The number of aliphatic hydroxyl groups excluding tert-OH is 1. The Labute approximate surface area is 140 Å². The molecule has 0 fully saturated rings. The van der Waals surface area contributed by atoms with E-state index in [1.807, 2.05) is 0 Å². The molecular formula is C17H20FNO4S. The summed E-state index contributed by atoms with van der Waals surface area (Å²) in [6.45, 7) is 0.977. The largest absolute Gasteiger partial charge is 0.396 e. The number of halogens is 1. The molecule has 0 saturated heterocycles. The molecule has 1 aliphatic rings. The number of carbonyl (C=O) groups is 1. The van der Waals surface area contributed by atoms with E-state index in [1.165, 1.54) is 55.5 Å². The number of benzene rings is 1. The van der Waals surface area contributed by atoms with Crippen molar-refractivity contribution in [3.8, 4) is 0 Å². The van der Waals surface area contributed by atoms with Crippen LogP contribution in [-0.2, 0) is 14.6 Å². The first-order valence-electron chi connectivity index (χ1n) is 7.54. The van der Waals surface area contributed by atoms with E-state index < -0.39 is 39.9 Å². The van der Waals surface area contributed by atoms with Gasteiger partial charge < -0.3 is 10.8 Å². The molecule has 1 aromatic rings. The van der Waals surface area contributed by atoms with Crippen LogP contribution in [0.25, 0.3) is 0 Å². The molecule has 0 aliphatic heterocycles. The average molecular weight is 353 g/mol. The van der Waals surface area contributed by atoms with Crippen molar-refractivity contribution in [3.05, 3.63) is 54.1 Å². The summed E-state index contributed by atoms with van der Waals surface area (Å²) in [5, 5.41) is 9.70. The van der Waals surface area contributed by atoms with Crippen LogP contribution in [0.5, 0.6) is 0 Å². The van der Waals surface area contributed by atoms with E-state index in [1.54, 1.807) is 0 Å². The fourth-order valence-corrected chi connectivity index (χ4v) is 3.73. The van der Waals surface area contributed by atoms with E-state index in [4.69, 9.17) is 5.73 Å². The van der Waals surface area contributed by atoms with Crippen molar-refractivity contribution in [1.82, 2.24) is 0 Å². The number of hydrogen-bond acceptors (Lipinski definition) is 4. The van der Waals surface area contributed by atoms with Gasteiger partial charge in [-0.15, -0.1) is 0 Å². The Morgan fingerprint density at radius 3 is 2.46 bits per heavy atom. The second kappa shape index (κ2) is 6.86. The lowest BCUT2D eigenvalue weighted by Gasteiger charge is -2.36. The van der Waals surface area contributed by atoms with Crippen LogP contribution in [0.3, 0.4) is 0 Å². The molecule has 0 bridgehead atoms. The molecule has 1 aromatic carbocycles. The summed E-state index contributed by atoms with van der Waals surface area (Å²) in [5.74, 6) is -3.13. The molecule has 0 spiro atoms. The third-order valence-electron chi connectivity index (χ3n) is 4.29. The summed E-state index contributed by atoms with van der Waals surface area (Å²) >= 11 is 0. The predicted molar refractivity (Wildman–Crippen MR) is 88.8 cm³/mol. The topological polar surface area (TPSA) is 97.5 Å². The van der Waals surface area contributed by atoms with Gasteiger partial charge in [-0.25, -0.2) is 12.8 Å². The van der Waals surface area contributed by atoms with E-state index in [9.17, 15) is 18.3 Å². The van der Waals surface area contributed by atoms with Gasteiger partial charge in [-0.3, -0.25) is 4.79 Å². The third kappa shape index (κ3) is 3.27. The molecular weight excluding hydrogens is 333 g/mol. The summed E-state index contributed by atoms with van der Waals surface area (Å²) < 4.78 is 39.2. The number of allylic oxidation sites excluding steroid dienone is 3. The maximum absolute atomic E-state index is 15.5. The van der Waals surface area contributed by atoms with Gasteiger partial charge in [-0.2, -0.15) is 0 Å². The highest BCUT2D eigenvalue weighted by Gasteiger charge is 2.47. The monoisotopic (exact) mass is 353 g/mol. The molecule has 3 atom stereocenters. The van der Waals surface area contributed by atoms with Crippen LogP contribution in [-0.4, -0.2) is 37.5 Å². The molecule has 1 amide bonds. The smallest absolute Gasteiger partial charge is 0.227 e. The van der Waals surface area contributed by atoms with Crippen LogP contribution in [0.2, 0.25) is 0 Å². The van der Waals surface area contributed by atoms with Crippen molar-refractivity contribution in [2.45, 2.75) is 23.4 Å². The zero-order valence-corrected chi connectivity index (χ0v) is 14.0. The quantitative estimate of drug-likeness (QED) is 0.810. The molecule has 0 radical (unpaired) electrons. The minimum absolute atomic E-state index is 0.0416. The normalized spacial score (nSPS) is 24.7. The van der Waals surface area contributed by atoms with Gasteiger partial charge in [-0.1, -0.05) is 37.3 Å². The number of hydrogen-bond donors (Lipinski definition) is 2. The first-order valence-corrected chi connectivity index (χ1v) is 9.19. The second-order valence-electron chi connectivity index (χ2n) is 5.66. The molecule has 3 N–H and O–H groups in total. The first-order chi connectivity index (χ1) is 11.3. The van der Waals surface area contributed by atoms with Crippen LogP contribution >= 0.6 is 0 Å². The van der Waals surface area contributed by atoms with E-state index in [2.05, 4.69) is 0 Å². The first kappa shape index (κ1) is 18.4. The van der Waals surface area contributed by atoms with Gasteiger partial charge in [0.1, 0.15) is 0 Å². The molecule has 3 unspecified atom stereocenters. The fraction of sp³-hybridized carbons (Fsp3) is 0.353. The summed E-state index contributed by atoms with van der Waals surface area (Å²) in [5.41, 5.74) is 3.50. The molecule has 7 heteroatoms. The van der Waals surface area contributed by atoms with Gasteiger partial charge in [-0.05, 0) is 23.8 Å². The molecule has 0 saturated carbocycles. The zero-order valence-electron chi connectivity index (χ0n) is 13.2. The summed E-state index contributed by atoms with van der Waals surface area (Å²) in [6, 6.07) is 5.66. The number of sulfone groups is 1. The maximum Gasteiger partial charge on any atom is 0.227 e. The van der Waals surface area contributed by atoms with Crippen LogP contribution in [0.1, 0.15) is 18.4 Å². The van der Waals surface area contributed by atoms with Crippen molar-refractivity contribution >= 4 is 15.7 Å². The van der Waals surface area contributed by atoms with Crippen molar-refractivity contribution < 1.29 is 22.7 Å². The Balaban J connectivity index is 2.43. The lowest BCUT2D eigenvalue weighted by Crippen LogP contribution is -2.46. The molecule has 5 nitrogen and oxygen atoms in total. The summed E-state index contributed by atoms with van der Waals surface area (Å²) in [7, 11) is -3.37. The lowest BCUT2D eigenvalue weighted by molar-refractivity contribution is -0.124. The van der Waals surface area contributed by atoms with Gasteiger partial charge in [0, 0.05) is 5.92 Å². The number of amides is 1. The van der Waals surface area contributed by atoms with Crippen molar-refractivity contribution in [1.29, 1.82) is 0 Å². The van der Waals surface area contributed by atoms with Gasteiger partial charge in [0.2, 0.25) is 5.91 Å². The number of carbonyl (C=O) groups excluding carboxylic acids is 1. The Morgan fingerprint density at radius 1 is 1.33 bits per heavy atom. The van der Waals surface area contributed by atoms with E-state index in [0.717, 1.165) is 0 Å². The SMILES string of the molecule is CCS(=O)(=O)c1ccc(C(CO)C2(F)C=CC=CC2C(N)=O)cc1. The van der Waals surface area contributed by atoms with E-state index in [0.29, 0.717) is 5.56 Å². The standard InChI is InChI=1S/C17H20FNO4S/c1-2-24(22,23)13-8-6-12(7-9-13)15(11-20)17(18)10-4-3-5-14(17)16(19)21/h3-10,14-15,20H,2,11H2,1H3,(H2,19,21). The third-order valence-corrected chi connectivity index (χ3v) is 6.04. The summed E-state index contributed by atoms with van der Waals surface area (Å²) in [4.78, 5) is 11.7. The van der Waals surface area contributed by atoms with Crippen molar-refractivity contribution in [2.24, 2.45) is 11.7 Å². The van der Waals surface area contributed by atoms with Crippen molar-refractivity contribution in [3.63, 3.8) is 0 Å². The average Bonchev–Trinajstić information content (AvgIpc) is 2.56. The van der Waals surface area contributed by atoms with E-state index >= 15 is 4.39 Å². The Hall–Kier alpha value is -1.99.